The summed E-state index contributed by atoms with van der Waals surface area (Å²) in [5.74, 6) is -1.96. The largest absolute Gasteiger partial charge is 0.454 e. The van der Waals surface area contributed by atoms with E-state index in [-0.39, 0.29) is 21.1 Å². The van der Waals surface area contributed by atoms with Crippen molar-refractivity contribution in [2.24, 2.45) is 0 Å². The van der Waals surface area contributed by atoms with Gasteiger partial charge in [-0.25, -0.2) is 4.98 Å². The van der Waals surface area contributed by atoms with Gasteiger partial charge in [0, 0.05) is 32.8 Å². The Labute approximate surface area is 200 Å². The Morgan fingerprint density at radius 3 is 2.42 bits per heavy atom. The smallest absolute Gasteiger partial charge is 0.358 e. The summed E-state index contributed by atoms with van der Waals surface area (Å²) in [5, 5.41) is 0.0925. The molecule has 0 saturated carbocycles. The third kappa shape index (κ3) is 4.58. The number of H-pyrrole nitrogens is 1. The number of nitrogens with one attached hydrogen (secondary N) is 1. The minimum Gasteiger partial charge on any atom is -0.358 e. The number of fused-ring (bicyclic) bond motifs is 1. The second-order valence-corrected chi connectivity index (χ2v) is 9.87. The van der Waals surface area contributed by atoms with E-state index in [0.29, 0.717) is 26.7 Å². The zero-order chi connectivity index (χ0) is 23.9. The van der Waals surface area contributed by atoms with Gasteiger partial charge in [0.1, 0.15) is 0 Å². The van der Waals surface area contributed by atoms with E-state index in [1.165, 1.54) is 24.8 Å². The first-order valence-corrected chi connectivity index (χ1v) is 11.9. The molecule has 0 aliphatic rings. The molecular formula is C23H16ClF3N2O2S2. The lowest BCUT2D eigenvalue weighted by Crippen LogP contribution is -2.23. The molecule has 0 amide bonds. The van der Waals surface area contributed by atoms with Crippen molar-refractivity contribution in [2.75, 3.05) is 0 Å². The van der Waals surface area contributed by atoms with Gasteiger partial charge in [0.25, 0.3) is 5.78 Å². The maximum Gasteiger partial charge on any atom is 0.454 e. The van der Waals surface area contributed by atoms with Crippen LogP contribution >= 0.6 is 34.7 Å². The Balaban J connectivity index is 1.94. The number of thioether (sulfide) groups is 1. The van der Waals surface area contributed by atoms with Gasteiger partial charge in [-0.3, -0.25) is 9.59 Å². The van der Waals surface area contributed by atoms with Gasteiger partial charge < -0.3 is 4.98 Å². The summed E-state index contributed by atoms with van der Waals surface area (Å²) in [7, 11) is 0. The standard InChI is InChI=1S/C23H16ClF3N2O2S2/c1-11-16(21(31)23(25,26)27)17-15(28-11)9-8-14(18(30)19-12(2)29-22(24)33-19)20(17)32-10-13-6-4-3-5-7-13/h3-9,28H,10H2,1-2H3. The first-order valence-electron chi connectivity index (χ1n) is 9.69. The Bertz CT molecular complexity index is 1380. The van der Waals surface area contributed by atoms with Crippen molar-refractivity contribution in [3.63, 3.8) is 0 Å². The van der Waals surface area contributed by atoms with Gasteiger partial charge in [-0.1, -0.05) is 53.3 Å². The van der Waals surface area contributed by atoms with Crippen LogP contribution in [0.4, 0.5) is 13.2 Å². The fourth-order valence-electron chi connectivity index (χ4n) is 3.57. The molecule has 0 saturated heterocycles. The van der Waals surface area contributed by atoms with Crippen LogP contribution in [0.3, 0.4) is 0 Å². The lowest BCUT2D eigenvalue weighted by molar-refractivity contribution is -0.0884. The maximum atomic E-state index is 13.4. The van der Waals surface area contributed by atoms with Crippen molar-refractivity contribution in [3.8, 4) is 0 Å². The number of rotatable bonds is 6. The van der Waals surface area contributed by atoms with Crippen molar-refractivity contribution >= 4 is 57.2 Å². The molecule has 4 rings (SSSR count). The summed E-state index contributed by atoms with van der Waals surface area (Å²) in [6.07, 6.45) is -5.05. The van der Waals surface area contributed by atoms with Gasteiger partial charge in [0.15, 0.2) is 4.47 Å². The van der Waals surface area contributed by atoms with Crippen LogP contribution in [0.1, 0.15) is 42.5 Å². The fourth-order valence-corrected chi connectivity index (χ4v) is 5.85. The number of alkyl halides is 3. The van der Waals surface area contributed by atoms with Crippen molar-refractivity contribution < 1.29 is 22.8 Å². The highest BCUT2D eigenvalue weighted by molar-refractivity contribution is 7.98. The monoisotopic (exact) mass is 508 g/mol. The molecule has 1 N–H and O–H groups in total. The Morgan fingerprint density at radius 1 is 1.12 bits per heavy atom. The molecule has 2 aromatic carbocycles. The lowest BCUT2D eigenvalue weighted by Gasteiger charge is -2.13. The van der Waals surface area contributed by atoms with Gasteiger partial charge in [-0.15, -0.1) is 11.8 Å². The van der Waals surface area contributed by atoms with Crippen LogP contribution in [0.2, 0.25) is 4.47 Å². The number of carbonyl (C=O) groups excluding carboxylic acids is 2. The van der Waals surface area contributed by atoms with Gasteiger partial charge >= 0.3 is 6.18 Å². The van der Waals surface area contributed by atoms with Gasteiger partial charge in [-0.05, 0) is 31.5 Å². The predicted octanol–water partition coefficient (Wildman–Crippen LogP) is 7.16. The summed E-state index contributed by atoms with van der Waals surface area (Å²) < 4.78 is 40.5. The number of halogens is 4. The zero-order valence-corrected chi connectivity index (χ0v) is 19.7. The number of aryl methyl sites for hydroxylation is 2. The van der Waals surface area contributed by atoms with Crippen LogP contribution in [0.5, 0.6) is 0 Å². The molecule has 2 aromatic heterocycles. The molecule has 4 nitrogen and oxygen atoms in total. The van der Waals surface area contributed by atoms with Gasteiger partial charge in [-0.2, -0.15) is 13.2 Å². The number of benzene rings is 2. The van der Waals surface area contributed by atoms with Gasteiger partial charge in [0.05, 0.1) is 16.1 Å². The quantitative estimate of drug-likeness (QED) is 0.222. The van der Waals surface area contributed by atoms with Crippen LogP contribution < -0.4 is 0 Å². The van der Waals surface area contributed by atoms with Crippen LogP contribution in [0, 0.1) is 13.8 Å². The summed E-state index contributed by atoms with van der Waals surface area (Å²) in [4.78, 5) is 33.3. The SMILES string of the molecule is Cc1nc(Cl)sc1C(=O)c1ccc2[nH]c(C)c(C(=O)C(F)(F)F)c2c1SCc1ccccc1. The van der Waals surface area contributed by atoms with E-state index in [4.69, 9.17) is 11.6 Å². The van der Waals surface area contributed by atoms with Crippen LogP contribution in [-0.4, -0.2) is 27.7 Å². The third-order valence-corrected chi connectivity index (χ3v) is 7.49. The van der Waals surface area contributed by atoms with Crippen molar-refractivity contribution in [3.05, 3.63) is 79.9 Å². The van der Waals surface area contributed by atoms with Crippen LogP contribution in [-0.2, 0) is 5.75 Å². The molecule has 0 radical (unpaired) electrons. The molecule has 0 aliphatic heterocycles. The van der Waals surface area contributed by atoms with Gasteiger partial charge in [0.2, 0.25) is 5.78 Å². The number of nitrogens with zero attached hydrogens (tertiary/aromatic N) is 1. The average Bonchev–Trinajstić information content (AvgIpc) is 3.28. The molecule has 0 aliphatic carbocycles. The first kappa shape index (κ1) is 23.5. The number of carbonyl (C=O) groups is 2. The predicted molar refractivity (Wildman–Crippen MR) is 125 cm³/mol. The second-order valence-electron chi connectivity index (χ2n) is 7.30. The maximum absolute atomic E-state index is 13.4. The number of hydrogen-bond acceptors (Lipinski definition) is 5. The van der Waals surface area contributed by atoms with Crippen molar-refractivity contribution in [1.29, 1.82) is 0 Å². The first-order chi connectivity index (χ1) is 15.6. The molecule has 0 bridgehead atoms. The Hall–Kier alpha value is -2.62. The third-order valence-electron chi connectivity index (χ3n) is 5.04. The van der Waals surface area contributed by atoms with E-state index in [1.54, 1.807) is 13.0 Å². The molecular weight excluding hydrogens is 493 g/mol. The second kappa shape index (κ2) is 8.96. The highest BCUT2D eigenvalue weighted by Crippen LogP contribution is 2.40. The topological polar surface area (TPSA) is 62.8 Å². The number of Topliss-reactive ketones (excluding diaryl/α,β-unsaturated/α-hetero) is 1. The molecule has 2 heterocycles. The zero-order valence-electron chi connectivity index (χ0n) is 17.3. The molecule has 10 heteroatoms. The molecule has 4 aromatic rings. The molecule has 0 fully saturated rings. The summed E-state index contributed by atoms with van der Waals surface area (Å²) in [6, 6.07) is 12.4. The minimum absolute atomic E-state index is 0.0925. The molecule has 33 heavy (non-hydrogen) atoms. The summed E-state index contributed by atoms with van der Waals surface area (Å²) in [5.41, 5.74) is 1.53. The van der Waals surface area contributed by atoms with E-state index in [0.717, 1.165) is 16.9 Å². The van der Waals surface area contributed by atoms with E-state index >= 15 is 0 Å². The molecule has 0 unspecified atom stereocenters. The molecule has 0 spiro atoms. The van der Waals surface area contributed by atoms with E-state index in [2.05, 4.69) is 9.97 Å². The Morgan fingerprint density at radius 2 is 1.82 bits per heavy atom. The summed E-state index contributed by atoms with van der Waals surface area (Å²) >= 11 is 8.19. The number of aromatic amines is 1. The number of thiazole rings is 1. The summed E-state index contributed by atoms with van der Waals surface area (Å²) in [6.45, 7) is 3.06. The fraction of sp³-hybridized carbons (Fsp3) is 0.174. The van der Waals surface area contributed by atoms with Crippen LogP contribution in [0.15, 0.2) is 47.4 Å². The molecule has 0 atom stereocenters. The Kier molecular flexibility index (Phi) is 6.39. The number of aromatic nitrogens is 2. The normalized spacial score (nSPS) is 11.8. The average molecular weight is 509 g/mol. The van der Waals surface area contributed by atoms with Crippen LogP contribution in [0.25, 0.3) is 10.9 Å². The van der Waals surface area contributed by atoms with Crippen molar-refractivity contribution in [2.45, 2.75) is 30.7 Å². The molecule has 170 valence electrons. The highest BCUT2D eigenvalue weighted by atomic mass is 35.5. The van der Waals surface area contributed by atoms with Crippen molar-refractivity contribution in [1.82, 2.24) is 9.97 Å². The van der Waals surface area contributed by atoms with E-state index < -0.39 is 23.3 Å². The minimum atomic E-state index is -5.05. The number of ketones is 2. The highest BCUT2D eigenvalue weighted by Gasteiger charge is 2.42. The van der Waals surface area contributed by atoms with E-state index in [9.17, 15) is 22.8 Å². The lowest BCUT2D eigenvalue weighted by atomic mass is 10.0. The van der Waals surface area contributed by atoms with E-state index in [1.807, 2.05) is 30.3 Å². The number of hydrogen-bond donors (Lipinski definition) is 1.